The summed E-state index contributed by atoms with van der Waals surface area (Å²) in [7, 11) is 0. The minimum Gasteiger partial charge on any atom is -0.507 e. The first-order chi connectivity index (χ1) is 9.01. The van der Waals surface area contributed by atoms with Gasteiger partial charge in [0.1, 0.15) is 19.0 Å². The van der Waals surface area contributed by atoms with Gasteiger partial charge in [0.2, 0.25) is 11.6 Å². The third-order valence-electron chi connectivity index (χ3n) is 2.29. The van der Waals surface area contributed by atoms with E-state index in [1.54, 1.807) is 18.2 Å². The van der Waals surface area contributed by atoms with Gasteiger partial charge in [-0.3, -0.25) is 14.4 Å². The van der Waals surface area contributed by atoms with Crippen LogP contribution in [0, 0.1) is 0 Å². The number of hydrogen-bond donors (Lipinski definition) is 3. The summed E-state index contributed by atoms with van der Waals surface area (Å²) in [4.78, 5) is 31.9. The Labute approximate surface area is 108 Å². The summed E-state index contributed by atoms with van der Waals surface area (Å²) in [6.07, 6.45) is 0.949. The molecule has 0 saturated heterocycles. The molecule has 0 saturated carbocycles. The number of Topliss-reactive ketones (excluding diaryl/α,β-unsaturated/α-hetero) is 2. The highest BCUT2D eigenvalue weighted by molar-refractivity contribution is 6.50. The van der Waals surface area contributed by atoms with Gasteiger partial charge in [0.05, 0.1) is 0 Å². The number of benzene rings is 1. The number of carbonyl (C=O) groups excluding carboxylic acids is 3. The lowest BCUT2D eigenvalue weighted by Gasteiger charge is -2.10. The van der Waals surface area contributed by atoms with E-state index < -0.39 is 30.6 Å². The summed E-state index contributed by atoms with van der Waals surface area (Å²) < 4.78 is 0. The van der Waals surface area contributed by atoms with Crippen molar-refractivity contribution in [2.24, 2.45) is 0 Å². The van der Waals surface area contributed by atoms with Gasteiger partial charge in [-0.1, -0.05) is 24.3 Å². The van der Waals surface area contributed by atoms with Crippen molar-refractivity contribution < 1.29 is 29.7 Å². The van der Waals surface area contributed by atoms with Crippen LogP contribution in [0.3, 0.4) is 0 Å². The second-order valence-corrected chi connectivity index (χ2v) is 3.62. The Balaban J connectivity index is 0.000000258. The van der Waals surface area contributed by atoms with E-state index in [1.165, 1.54) is 6.07 Å². The molecule has 6 heteroatoms. The second-order valence-electron chi connectivity index (χ2n) is 3.62. The third kappa shape index (κ3) is 3.57. The molecular weight excluding hydrogens is 252 g/mol. The fourth-order valence-corrected chi connectivity index (χ4v) is 1.35. The number of hydrogen-bond acceptors (Lipinski definition) is 6. The van der Waals surface area contributed by atoms with Crippen LogP contribution in [0.4, 0.5) is 0 Å². The first kappa shape index (κ1) is 14.7. The molecular formula is C13H12O6. The molecule has 6 nitrogen and oxygen atoms in total. The van der Waals surface area contributed by atoms with Crippen LogP contribution in [0.15, 0.2) is 30.3 Å². The van der Waals surface area contributed by atoms with Crippen LogP contribution >= 0.6 is 0 Å². The molecule has 0 aliphatic heterocycles. The van der Waals surface area contributed by atoms with Crippen LogP contribution in [0.2, 0.25) is 0 Å². The lowest BCUT2D eigenvalue weighted by Crippen LogP contribution is -2.18. The van der Waals surface area contributed by atoms with E-state index in [4.69, 9.17) is 10.2 Å². The van der Waals surface area contributed by atoms with Crippen LogP contribution in [-0.2, 0) is 9.59 Å². The van der Waals surface area contributed by atoms with E-state index in [-0.39, 0.29) is 11.3 Å². The molecule has 0 aromatic heterocycles. The maximum atomic E-state index is 11.3. The first-order valence-corrected chi connectivity index (χ1v) is 5.33. The molecule has 3 N–H and O–H groups in total. The Morgan fingerprint density at radius 1 is 1.00 bits per heavy atom. The van der Waals surface area contributed by atoms with Crippen molar-refractivity contribution in [1.82, 2.24) is 0 Å². The van der Waals surface area contributed by atoms with Crippen LogP contribution in [0.5, 0.6) is 0 Å². The molecule has 0 spiro atoms. The Bertz CT molecular complexity index is 538. The van der Waals surface area contributed by atoms with E-state index in [2.05, 4.69) is 0 Å². The topological polar surface area (TPSA) is 112 Å². The van der Waals surface area contributed by atoms with Crippen LogP contribution in [0.1, 0.15) is 15.9 Å². The van der Waals surface area contributed by atoms with Crippen molar-refractivity contribution in [3.63, 3.8) is 0 Å². The van der Waals surface area contributed by atoms with Crippen molar-refractivity contribution in [2.75, 3.05) is 13.2 Å². The van der Waals surface area contributed by atoms with Crippen molar-refractivity contribution >= 4 is 23.1 Å². The highest BCUT2D eigenvalue weighted by Crippen LogP contribution is 2.22. The van der Waals surface area contributed by atoms with Crippen LogP contribution < -0.4 is 0 Å². The van der Waals surface area contributed by atoms with Gasteiger partial charge >= 0.3 is 0 Å². The van der Waals surface area contributed by atoms with E-state index in [0.29, 0.717) is 5.56 Å². The third-order valence-corrected chi connectivity index (χ3v) is 2.29. The number of aliphatic hydroxyl groups excluding tert-OH is 3. The second kappa shape index (κ2) is 6.58. The van der Waals surface area contributed by atoms with Crippen molar-refractivity contribution in [3.8, 4) is 0 Å². The number of allylic oxidation sites excluding steroid dienone is 1. The van der Waals surface area contributed by atoms with Gasteiger partial charge in [-0.25, -0.2) is 0 Å². The number of ketones is 3. The standard InChI is InChI=1S/C10H6O3.C3H6O3/c11-8-5-9(12)10(13)7-4-2-1-3-6(7)8;4-1-3(6)2-5/h1-5,11H;4-5H,1-2H2. The quantitative estimate of drug-likeness (QED) is 0.642. The highest BCUT2D eigenvalue weighted by Gasteiger charge is 2.24. The average molecular weight is 264 g/mol. The molecule has 1 aliphatic rings. The lowest BCUT2D eigenvalue weighted by atomic mass is 9.94. The zero-order chi connectivity index (χ0) is 14.4. The fraction of sp³-hybridized carbons (Fsp3) is 0.154. The van der Waals surface area contributed by atoms with Gasteiger partial charge in [-0.2, -0.15) is 0 Å². The largest absolute Gasteiger partial charge is 0.507 e. The number of aliphatic hydroxyl groups is 3. The van der Waals surface area contributed by atoms with Crippen LogP contribution in [0.25, 0.3) is 5.76 Å². The number of fused-ring (bicyclic) bond motifs is 1. The zero-order valence-corrected chi connectivity index (χ0v) is 9.87. The maximum absolute atomic E-state index is 11.3. The lowest BCUT2D eigenvalue weighted by molar-refractivity contribution is -0.124. The molecule has 0 atom stereocenters. The van der Waals surface area contributed by atoms with E-state index >= 15 is 0 Å². The van der Waals surface area contributed by atoms with Gasteiger partial charge in [0, 0.05) is 17.2 Å². The zero-order valence-electron chi connectivity index (χ0n) is 9.87. The fourth-order valence-electron chi connectivity index (χ4n) is 1.35. The Hall–Kier alpha value is -2.31. The van der Waals surface area contributed by atoms with Crippen molar-refractivity contribution in [3.05, 3.63) is 41.5 Å². The van der Waals surface area contributed by atoms with Crippen molar-refractivity contribution in [2.45, 2.75) is 0 Å². The minimum atomic E-state index is -0.670. The monoisotopic (exact) mass is 264 g/mol. The van der Waals surface area contributed by atoms with Gasteiger partial charge in [-0.05, 0) is 0 Å². The SMILES string of the molecule is O=C(CO)CO.O=C1C=C(O)c2ccccc2C1=O. The molecule has 0 fully saturated rings. The van der Waals surface area contributed by atoms with Gasteiger partial charge < -0.3 is 15.3 Å². The molecule has 0 heterocycles. The molecule has 0 amide bonds. The smallest absolute Gasteiger partial charge is 0.233 e. The molecule has 1 aromatic rings. The Morgan fingerprint density at radius 2 is 1.53 bits per heavy atom. The summed E-state index contributed by atoms with van der Waals surface area (Å²) >= 11 is 0. The average Bonchev–Trinajstić information content (AvgIpc) is 2.44. The molecule has 1 aromatic carbocycles. The summed E-state index contributed by atoms with van der Waals surface area (Å²) in [6.45, 7) is -1.12. The molecule has 19 heavy (non-hydrogen) atoms. The molecule has 1 aliphatic carbocycles. The molecule has 2 rings (SSSR count). The molecule has 0 radical (unpaired) electrons. The Morgan fingerprint density at radius 3 is 2.00 bits per heavy atom. The molecule has 0 bridgehead atoms. The van der Waals surface area contributed by atoms with E-state index in [9.17, 15) is 19.5 Å². The predicted octanol–water partition coefficient (Wildman–Crippen LogP) is -0.109. The highest BCUT2D eigenvalue weighted by atomic mass is 16.3. The maximum Gasteiger partial charge on any atom is 0.233 e. The van der Waals surface area contributed by atoms with E-state index in [1.807, 2.05) is 0 Å². The molecule has 100 valence electrons. The van der Waals surface area contributed by atoms with Gasteiger partial charge in [0.25, 0.3) is 0 Å². The Kier molecular flexibility index (Phi) is 5.11. The summed E-state index contributed by atoms with van der Waals surface area (Å²) in [6, 6.07) is 6.48. The molecule has 0 unspecified atom stereocenters. The first-order valence-electron chi connectivity index (χ1n) is 5.33. The number of rotatable bonds is 2. The summed E-state index contributed by atoms with van der Waals surface area (Å²) in [5.74, 6) is -1.92. The van der Waals surface area contributed by atoms with Crippen molar-refractivity contribution in [1.29, 1.82) is 0 Å². The van der Waals surface area contributed by atoms with Gasteiger partial charge in [-0.15, -0.1) is 0 Å². The van der Waals surface area contributed by atoms with E-state index in [0.717, 1.165) is 6.08 Å². The number of carbonyl (C=O) groups is 3. The van der Waals surface area contributed by atoms with Crippen LogP contribution in [-0.4, -0.2) is 45.9 Å². The minimum absolute atomic E-state index is 0.139. The normalized spacial score (nSPS) is 13.1. The predicted molar refractivity (Wildman–Crippen MR) is 65.6 cm³/mol. The summed E-state index contributed by atoms with van der Waals surface area (Å²) in [5.41, 5.74) is 0.694. The summed E-state index contributed by atoms with van der Waals surface area (Å²) in [5, 5.41) is 25.0. The van der Waals surface area contributed by atoms with Gasteiger partial charge in [0.15, 0.2) is 5.78 Å².